The molecule has 0 aromatic carbocycles. The zero-order valence-corrected chi connectivity index (χ0v) is 10.7. The van der Waals surface area contributed by atoms with Crippen LogP contribution in [0.15, 0.2) is 23.1 Å². The second-order valence-electron chi connectivity index (χ2n) is 4.39. The van der Waals surface area contributed by atoms with E-state index >= 15 is 0 Å². The van der Waals surface area contributed by atoms with E-state index in [9.17, 15) is 18.0 Å². The molecule has 2 rings (SSSR count). The molecule has 1 atom stereocenters. The maximum absolute atomic E-state index is 12.1. The average Bonchev–Trinajstić information content (AvgIpc) is 2.68. The Morgan fingerprint density at radius 3 is 2.78 bits per heavy atom. The van der Waals surface area contributed by atoms with Gasteiger partial charge in [-0.25, -0.2) is 8.42 Å². The van der Waals surface area contributed by atoms with Crippen molar-refractivity contribution in [1.29, 1.82) is 0 Å². The van der Waals surface area contributed by atoms with Crippen molar-refractivity contribution >= 4 is 15.7 Å². The summed E-state index contributed by atoms with van der Waals surface area (Å²) in [6, 6.07) is 2.65. The molecule has 2 heterocycles. The molecular weight excluding hydrogens is 256 g/mol. The molecular formula is C11H14N2O4S. The summed E-state index contributed by atoms with van der Waals surface area (Å²) in [7, 11) is -1.52. The molecule has 1 saturated heterocycles. The Bertz CT molecular complexity index is 620. The fraction of sp³-hybridized carbons (Fsp3) is 0.455. The lowest BCUT2D eigenvalue weighted by Crippen LogP contribution is -2.40. The normalized spacial score (nSPS) is 21.7. The first-order valence-corrected chi connectivity index (χ1v) is 7.38. The summed E-state index contributed by atoms with van der Waals surface area (Å²) < 4.78 is 22.7. The van der Waals surface area contributed by atoms with Gasteiger partial charge >= 0.3 is 0 Å². The predicted molar refractivity (Wildman–Crippen MR) is 66.2 cm³/mol. The van der Waals surface area contributed by atoms with E-state index in [1.165, 1.54) is 24.2 Å². The second kappa shape index (κ2) is 4.56. The van der Waals surface area contributed by atoms with Gasteiger partial charge < -0.3 is 9.88 Å². The molecule has 6 nitrogen and oxygen atoms in total. The monoisotopic (exact) mass is 270 g/mol. The van der Waals surface area contributed by atoms with Crippen molar-refractivity contribution in [2.75, 3.05) is 18.6 Å². The maximum atomic E-state index is 12.1. The Labute approximate surface area is 105 Å². The van der Waals surface area contributed by atoms with E-state index in [0.29, 0.717) is 6.42 Å². The number of aromatic amines is 1. The molecule has 1 amide bonds. The number of carbonyl (C=O) groups is 1. The van der Waals surface area contributed by atoms with Gasteiger partial charge in [0.15, 0.2) is 9.84 Å². The highest BCUT2D eigenvalue weighted by Gasteiger charge is 2.33. The third kappa shape index (κ3) is 2.45. The Morgan fingerprint density at radius 2 is 2.22 bits per heavy atom. The van der Waals surface area contributed by atoms with E-state index in [1.807, 2.05) is 0 Å². The number of pyridine rings is 1. The van der Waals surface area contributed by atoms with Gasteiger partial charge in [-0.15, -0.1) is 0 Å². The van der Waals surface area contributed by atoms with Gasteiger partial charge in [0.05, 0.1) is 11.5 Å². The van der Waals surface area contributed by atoms with Crippen molar-refractivity contribution in [3.05, 3.63) is 34.2 Å². The lowest BCUT2D eigenvalue weighted by Gasteiger charge is -2.22. The van der Waals surface area contributed by atoms with E-state index in [4.69, 9.17) is 0 Å². The van der Waals surface area contributed by atoms with Crippen molar-refractivity contribution < 1.29 is 13.2 Å². The fourth-order valence-electron chi connectivity index (χ4n) is 2.03. The van der Waals surface area contributed by atoms with Crippen molar-refractivity contribution in [1.82, 2.24) is 9.88 Å². The molecule has 0 unspecified atom stereocenters. The number of hydrogen-bond donors (Lipinski definition) is 1. The van der Waals surface area contributed by atoms with Gasteiger partial charge in [0, 0.05) is 19.3 Å². The number of carbonyl (C=O) groups excluding carboxylic acids is 1. The lowest BCUT2D eigenvalue weighted by atomic mass is 10.2. The number of hydrogen-bond acceptors (Lipinski definition) is 4. The van der Waals surface area contributed by atoms with E-state index < -0.39 is 21.3 Å². The fourth-order valence-corrected chi connectivity index (χ4v) is 3.80. The van der Waals surface area contributed by atoms with E-state index in [0.717, 1.165) is 0 Å². The minimum atomic E-state index is -3.05. The summed E-state index contributed by atoms with van der Waals surface area (Å²) in [4.78, 5) is 27.3. The van der Waals surface area contributed by atoms with Gasteiger partial charge in [0.25, 0.3) is 11.5 Å². The highest BCUT2D eigenvalue weighted by atomic mass is 32.2. The van der Waals surface area contributed by atoms with Crippen LogP contribution in [0.2, 0.25) is 0 Å². The average molecular weight is 270 g/mol. The molecule has 0 radical (unpaired) electrons. The van der Waals surface area contributed by atoms with Crippen LogP contribution in [0.25, 0.3) is 0 Å². The summed E-state index contributed by atoms with van der Waals surface area (Å²) >= 11 is 0. The summed E-state index contributed by atoms with van der Waals surface area (Å²) in [5.41, 5.74) is -0.431. The standard InChI is InChI=1S/C11H14N2O4S/c1-13(8-4-6-18(16,17)7-8)11(15)9-3-2-5-12-10(9)14/h2-3,5,8H,4,6-7H2,1H3,(H,12,14)/t8-/m0/s1. The van der Waals surface area contributed by atoms with Crippen LogP contribution < -0.4 is 5.56 Å². The minimum absolute atomic E-state index is 0.0278. The topological polar surface area (TPSA) is 87.3 Å². The number of H-pyrrole nitrogens is 1. The number of amides is 1. The highest BCUT2D eigenvalue weighted by molar-refractivity contribution is 7.91. The Hall–Kier alpha value is -1.63. The van der Waals surface area contributed by atoms with Crippen LogP contribution in [-0.2, 0) is 9.84 Å². The minimum Gasteiger partial charge on any atom is -0.337 e. The van der Waals surface area contributed by atoms with E-state index in [2.05, 4.69) is 4.98 Å². The molecule has 1 aliphatic rings. The first-order valence-electron chi connectivity index (χ1n) is 5.56. The largest absolute Gasteiger partial charge is 0.337 e. The molecule has 1 fully saturated rings. The number of nitrogens with one attached hydrogen (secondary N) is 1. The quantitative estimate of drug-likeness (QED) is 0.794. The van der Waals surface area contributed by atoms with Crippen molar-refractivity contribution in [2.45, 2.75) is 12.5 Å². The van der Waals surface area contributed by atoms with Gasteiger partial charge in [0.2, 0.25) is 0 Å². The lowest BCUT2D eigenvalue weighted by molar-refractivity contribution is 0.0746. The van der Waals surface area contributed by atoms with Crippen LogP contribution in [0.5, 0.6) is 0 Å². The van der Waals surface area contributed by atoms with Crippen LogP contribution in [0.3, 0.4) is 0 Å². The van der Waals surface area contributed by atoms with Crippen molar-refractivity contribution in [3.63, 3.8) is 0 Å². The van der Waals surface area contributed by atoms with E-state index in [1.54, 1.807) is 6.07 Å². The molecule has 1 aromatic rings. The SMILES string of the molecule is CN(C(=O)c1ccc[nH]c1=O)[C@H]1CCS(=O)(=O)C1. The van der Waals surface area contributed by atoms with E-state index in [-0.39, 0.29) is 23.1 Å². The van der Waals surface area contributed by atoms with Crippen LogP contribution in [0.4, 0.5) is 0 Å². The molecule has 98 valence electrons. The summed E-state index contributed by atoms with van der Waals surface area (Å²) in [6.45, 7) is 0. The number of nitrogens with zero attached hydrogens (tertiary/aromatic N) is 1. The number of aromatic nitrogens is 1. The molecule has 1 aliphatic heterocycles. The molecule has 1 aromatic heterocycles. The van der Waals surface area contributed by atoms with Crippen LogP contribution in [0.1, 0.15) is 16.8 Å². The molecule has 1 N–H and O–H groups in total. The molecule has 18 heavy (non-hydrogen) atoms. The molecule has 0 bridgehead atoms. The molecule has 0 spiro atoms. The van der Waals surface area contributed by atoms with Crippen LogP contribution in [-0.4, -0.2) is 48.8 Å². The Kier molecular flexibility index (Phi) is 3.25. The first kappa shape index (κ1) is 12.8. The summed E-state index contributed by atoms with van der Waals surface area (Å²) in [5, 5.41) is 0. The Morgan fingerprint density at radius 1 is 1.50 bits per heavy atom. The van der Waals surface area contributed by atoms with Gasteiger partial charge in [-0.1, -0.05) is 0 Å². The van der Waals surface area contributed by atoms with Gasteiger partial charge in [-0.05, 0) is 18.6 Å². The third-order valence-corrected chi connectivity index (χ3v) is 4.88. The maximum Gasteiger partial charge on any atom is 0.260 e. The summed E-state index contributed by atoms with van der Waals surface area (Å²) in [5.74, 6) is -0.376. The zero-order chi connectivity index (χ0) is 13.3. The molecule has 7 heteroatoms. The third-order valence-electron chi connectivity index (χ3n) is 3.13. The smallest absolute Gasteiger partial charge is 0.260 e. The molecule has 0 aliphatic carbocycles. The van der Waals surface area contributed by atoms with Crippen molar-refractivity contribution in [2.24, 2.45) is 0 Å². The molecule has 0 saturated carbocycles. The predicted octanol–water partition coefficient (Wildman–Crippen LogP) is -0.366. The highest BCUT2D eigenvalue weighted by Crippen LogP contribution is 2.17. The van der Waals surface area contributed by atoms with Gasteiger partial charge in [0.1, 0.15) is 5.56 Å². The number of rotatable bonds is 2. The van der Waals surface area contributed by atoms with Gasteiger partial charge in [-0.3, -0.25) is 9.59 Å². The Balaban J connectivity index is 2.21. The van der Waals surface area contributed by atoms with Crippen molar-refractivity contribution in [3.8, 4) is 0 Å². The number of sulfone groups is 1. The summed E-state index contributed by atoms with van der Waals surface area (Å²) in [6.07, 6.45) is 1.87. The van der Waals surface area contributed by atoms with Crippen LogP contribution >= 0.6 is 0 Å². The van der Waals surface area contributed by atoms with Crippen LogP contribution in [0, 0.1) is 0 Å². The zero-order valence-electron chi connectivity index (χ0n) is 9.92. The first-order chi connectivity index (χ1) is 8.41. The van der Waals surface area contributed by atoms with Gasteiger partial charge in [-0.2, -0.15) is 0 Å². The second-order valence-corrected chi connectivity index (χ2v) is 6.61.